The van der Waals surface area contributed by atoms with Crippen molar-refractivity contribution in [2.24, 2.45) is 10.7 Å². The fourth-order valence-electron chi connectivity index (χ4n) is 1.54. The average Bonchev–Trinajstić information content (AvgIpc) is 3.06. The Kier molecular flexibility index (Phi) is 3.56. The number of nitrogens with two attached hydrogens (primary N) is 1. The second-order valence-electron chi connectivity index (χ2n) is 4.14. The van der Waals surface area contributed by atoms with Gasteiger partial charge >= 0.3 is 0 Å². The molecule has 0 unspecified atom stereocenters. The molecule has 1 saturated carbocycles. The lowest BCUT2D eigenvalue weighted by molar-refractivity contribution is 0.555. The van der Waals surface area contributed by atoms with Crippen LogP contribution in [-0.4, -0.2) is 18.5 Å². The minimum atomic E-state index is -0.533. The third kappa shape index (κ3) is 3.41. The van der Waals surface area contributed by atoms with E-state index in [4.69, 9.17) is 5.73 Å². The summed E-state index contributed by atoms with van der Waals surface area (Å²) in [5, 5.41) is 3.01. The molecular weight excluding hydrogens is 224 g/mol. The number of hydrogen-bond acceptors (Lipinski definition) is 1. The van der Waals surface area contributed by atoms with Crippen molar-refractivity contribution in [2.75, 3.05) is 6.54 Å². The van der Waals surface area contributed by atoms with Gasteiger partial charge in [-0.1, -0.05) is 6.07 Å². The smallest absolute Gasteiger partial charge is 0.188 e. The molecule has 1 aromatic carbocycles. The standard InChI is InChI=1S/C12H15F2N3/c13-10-2-1-3-11(14)9(10)6-7-16-12(15)17-8-4-5-8/h1-3,8H,4-7H2,(H3,15,16,17). The fraction of sp³-hybridized carbons (Fsp3) is 0.417. The number of rotatable bonds is 4. The molecule has 0 amide bonds. The van der Waals surface area contributed by atoms with Crippen LogP contribution in [0.15, 0.2) is 23.2 Å². The lowest BCUT2D eigenvalue weighted by Gasteiger charge is -2.04. The van der Waals surface area contributed by atoms with Gasteiger partial charge in [-0.3, -0.25) is 4.99 Å². The molecule has 1 aromatic rings. The number of nitrogens with zero attached hydrogens (tertiary/aromatic N) is 1. The van der Waals surface area contributed by atoms with Crippen LogP contribution in [0.3, 0.4) is 0 Å². The van der Waals surface area contributed by atoms with E-state index in [1.54, 1.807) is 0 Å². The maximum Gasteiger partial charge on any atom is 0.188 e. The molecule has 0 aromatic heterocycles. The van der Waals surface area contributed by atoms with Gasteiger partial charge < -0.3 is 11.1 Å². The van der Waals surface area contributed by atoms with E-state index in [1.165, 1.54) is 18.2 Å². The van der Waals surface area contributed by atoms with Gasteiger partial charge in [0.05, 0.1) is 0 Å². The molecule has 1 fully saturated rings. The van der Waals surface area contributed by atoms with Gasteiger partial charge in [0.2, 0.25) is 0 Å². The van der Waals surface area contributed by atoms with Gasteiger partial charge in [0, 0.05) is 18.2 Å². The molecule has 3 nitrogen and oxygen atoms in total. The van der Waals surface area contributed by atoms with Crippen LogP contribution in [0.1, 0.15) is 18.4 Å². The summed E-state index contributed by atoms with van der Waals surface area (Å²) in [6, 6.07) is 4.27. The van der Waals surface area contributed by atoms with Crippen molar-refractivity contribution in [3.05, 3.63) is 35.4 Å². The highest BCUT2D eigenvalue weighted by atomic mass is 19.1. The molecule has 17 heavy (non-hydrogen) atoms. The average molecular weight is 239 g/mol. The Bertz CT molecular complexity index is 408. The van der Waals surface area contributed by atoms with Gasteiger partial charge in [-0.25, -0.2) is 8.78 Å². The van der Waals surface area contributed by atoms with Crippen LogP contribution in [0.5, 0.6) is 0 Å². The summed E-state index contributed by atoms with van der Waals surface area (Å²) in [5.41, 5.74) is 5.67. The van der Waals surface area contributed by atoms with Crippen LogP contribution in [-0.2, 0) is 6.42 Å². The topological polar surface area (TPSA) is 50.4 Å². The van der Waals surface area contributed by atoms with Crippen molar-refractivity contribution < 1.29 is 8.78 Å². The van der Waals surface area contributed by atoms with Crippen molar-refractivity contribution in [2.45, 2.75) is 25.3 Å². The summed E-state index contributed by atoms with van der Waals surface area (Å²) >= 11 is 0. The largest absolute Gasteiger partial charge is 0.370 e. The van der Waals surface area contributed by atoms with Crippen LogP contribution >= 0.6 is 0 Å². The number of hydrogen-bond donors (Lipinski definition) is 2. The van der Waals surface area contributed by atoms with Crippen LogP contribution in [0.25, 0.3) is 0 Å². The second-order valence-corrected chi connectivity index (χ2v) is 4.14. The first-order valence-electron chi connectivity index (χ1n) is 5.66. The Morgan fingerprint density at radius 3 is 2.59 bits per heavy atom. The first-order chi connectivity index (χ1) is 8.16. The number of benzene rings is 1. The Labute approximate surface area is 98.7 Å². The van der Waals surface area contributed by atoms with Gasteiger partial charge in [0.25, 0.3) is 0 Å². The molecule has 5 heteroatoms. The second kappa shape index (κ2) is 5.12. The van der Waals surface area contributed by atoms with Gasteiger partial charge in [0.15, 0.2) is 5.96 Å². The van der Waals surface area contributed by atoms with Crippen LogP contribution in [0.2, 0.25) is 0 Å². The quantitative estimate of drug-likeness (QED) is 0.619. The fourth-order valence-corrected chi connectivity index (χ4v) is 1.54. The highest BCUT2D eigenvalue weighted by Crippen LogP contribution is 2.18. The highest BCUT2D eigenvalue weighted by Gasteiger charge is 2.21. The summed E-state index contributed by atoms with van der Waals surface area (Å²) < 4.78 is 26.5. The number of guanidine groups is 1. The number of nitrogens with one attached hydrogen (secondary N) is 1. The molecule has 0 heterocycles. The molecule has 0 atom stereocenters. The molecule has 1 aliphatic carbocycles. The molecule has 3 N–H and O–H groups in total. The zero-order valence-electron chi connectivity index (χ0n) is 9.42. The summed E-state index contributed by atoms with van der Waals surface area (Å²) in [6.45, 7) is 0.281. The lowest BCUT2D eigenvalue weighted by atomic mass is 10.1. The van der Waals surface area contributed by atoms with Crippen LogP contribution < -0.4 is 11.1 Å². The van der Waals surface area contributed by atoms with Crippen molar-refractivity contribution >= 4 is 5.96 Å². The Hall–Kier alpha value is -1.65. The molecule has 0 aliphatic heterocycles. The Morgan fingerprint density at radius 2 is 2.00 bits per heavy atom. The maximum atomic E-state index is 13.3. The Morgan fingerprint density at radius 1 is 1.35 bits per heavy atom. The molecule has 0 radical (unpaired) electrons. The first kappa shape index (κ1) is 11.8. The van der Waals surface area contributed by atoms with E-state index in [9.17, 15) is 8.78 Å². The third-order valence-electron chi connectivity index (χ3n) is 2.63. The minimum Gasteiger partial charge on any atom is -0.370 e. The zero-order chi connectivity index (χ0) is 12.3. The predicted octanol–water partition coefficient (Wildman–Crippen LogP) is 1.57. The monoisotopic (exact) mass is 239 g/mol. The SMILES string of the molecule is NC(=NCCc1c(F)cccc1F)NC1CC1. The van der Waals surface area contributed by atoms with Gasteiger partial charge in [-0.2, -0.15) is 0 Å². The van der Waals surface area contributed by atoms with E-state index in [0.717, 1.165) is 12.8 Å². The molecule has 1 aliphatic rings. The molecule has 0 spiro atoms. The molecule has 92 valence electrons. The van der Waals surface area contributed by atoms with Crippen molar-refractivity contribution in [3.8, 4) is 0 Å². The molecule has 0 saturated heterocycles. The number of halogens is 2. The predicted molar refractivity (Wildman–Crippen MR) is 62.7 cm³/mol. The van der Waals surface area contributed by atoms with Crippen LogP contribution in [0, 0.1) is 11.6 Å². The summed E-state index contributed by atoms with van der Waals surface area (Å²) in [4.78, 5) is 4.03. The summed E-state index contributed by atoms with van der Waals surface area (Å²) in [6.07, 6.45) is 2.43. The third-order valence-corrected chi connectivity index (χ3v) is 2.63. The van der Waals surface area contributed by atoms with Crippen molar-refractivity contribution in [1.82, 2.24) is 5.32 Å². The van der Waals surface area contributed by atoms with Gasteiger partial charge in [-0.05, 0) is 31.4 Å². The van der Waals surface area contributed by atoms with E-state index in [1.807, 2.05) is 0 Å². The minimum absolute atomic E-state index is 0.0653. The Balaban J connectivity index is 1.88. The maximum absolute atomic E-state index is 13.3. The van der Waals surface area contributed by atoms with E-state index in [2.05, 4.69) is 10.3 Å². The molecule has 2 rings (SSSR count). The first-order valence-corrected chi connectivity index (χ1v) is 5.66. The molecular formula is C12H15F2N3. The van der Waals surface area contributed by atoms with Crippen molar-refractivity contribution in [3.63, 3.8) is 0 Å². The summed E-state index contributed by atoms with van der Waals surface area (Å²) in [7, 11) is 0. The van der Waals surface area contributed by atoms with Crippen molar-refractivity contribution in [1.29, 1.82) is 0 Å². The zero-order valence-corrected chi connectivity index (χ0v) is 9.42. The number of aliphatic imine (C=N–C) groups is 1. The normalized spacial score (nSPS) is 16.0. The highest BCUT2D eigenvalue weighted by molar-refractivity contribution is 5.78. The lowest BCUT2D eigenvalue weighted by Crippen LogP contribution is -2.33. The van der Waals surface area contributed by atoms with Gasteiger partial charge in [0.1, 0.15) is 11.6 Å². The van der Waals surface area contributed by atoms with E-state index < -0.39 is 11.6 Å². The van der Waals surface area contributed by atoms with E-state index in [0.29, 0.717) is 12.0 Å². The summed E-state index contributed by atoms with van der Waals surface area (Å²) in [5.74, 6) is -0.716. The van der Waals surface area contributed by atoms with E-state index >= 15 is 0 Å². The molecule has 0 bridgehead atoms. The van der Waals surface area contributed by atoms with E-state index in [-0.39, 0.29) is 18.5 Å². The van der Waals surface area contributed by atoms with Crippen LogP contribution in [0.4, 0.5) is 8.78 Å². The van der Waals surface area contributed by atoms with Gasteiger partial charge in [-0.15, -0.1) is 0 Å².